The molecule has 3 rings (SSSR count). The average molecular weight is 363 g/mol. The van der Waals surface area contributed by atoms with Gasteiger partial charge in [-0.1, -0.05) is 40.9 Å². The molecule has 0 unspecified atom stereocenters. The van der Waals surface area contributed by atoms with Crippen LogP contribution >= 0.6 is 15.9 Å². The third kappa shape index (κ3) is 3.97. The lowest BCUT2D eigenvalue weighted by molar-refractivity contribution is -0.121. The zero-order valence-corrected chi connectivity index (χ0v) is 13.9. The smallest absolute Gasteiger partial charge is 0.220 e. The minimum Gasteiger partial charge on any atom is -0.441 e. The molecular formula is C17H19BrN2O2. The van der Waals surface area contributed by atoms with Gasteiger partial charge in [-0.3, -0.25) is 4.79 Å². The second-order valence-corrected chi connectivity index (χ2v) is 6.59. The van der Waals surface area contributed by atoms with Crippen LogP contribution in [0.2, 0.25) is 0 Å². The van der Waals surface area contributed by atoms with Crippen LogP contribution in [0.1, 0.15) is 38.0 Å². The molecule has 0 atom stereocenters. The van der Waals surface area contributed by atoms with Crippen LogP contribution in [0.5, 0.6) is 0 Å². The van der Waals surface area contributed by atoms with Crippen molar-refractivity contribution in [2.24, 2.45) is 0 Å². The fourth-order valence-corrected chi connectivity index (χ4v) is 3.03. The second-order valence-electron chi connectivity index (χ2n) is 5.67. The Labute approximate surface area is 138 Å². The van der Waals surface area contributed by atoms with Gasteiger partial charge in [-0.15, -0.1) is 0 Å². The summed E-state index contributed by atoms with van der Waals surface area (Å²) in [6, 6.07) is 8.25. The molecule has 1 saturated carbocycles. The van der Waals surface area contributed by atoms with Gasteiger partial charge in [0, 0.05) is 28.9 Å². The van der Waals surface area contributed by atoms with E-state index < -0.39 is 0 Å². The molecule has 0 bridgehead atoms. The topological polar surface area (TPSA) is 55.1 Å². The van der Waals surface area contributed by atoms with Crippen LogP contribution < -0.4 is 5.32 Å². The van der Waals surface area contributed by atoms with Gasteiger partial charge < -0.3 is 9.73 Å². The number of oxazole rings is 1. The van der Waals surface area contributed by atoms with E-state index in [4.69, 9.17) is 4.42 Å². The first-order valence-corrected chi connectivity index (χ1v) is 8.50. The number of nitrogens with one attached hydrogen (secondary N) is 1. The highest BCUT2D eigenvalue weighted by Crippen LogP contribution is 2.23. The summed E-state index contributed by atoms with van der Waals surface area (Å²) in [6.45, 7) is 0. The van der Waals surface area contributed by atoms with Gasteiger partial charge in [-0.25, -0.2) is 4.98 Å². The van der Waals surface area contributed by atoms with Gasteiger partial charge in [0.2, 0.25) is 5.91 Å². The lowest BCUT2D eigenvalue weighted by Gasteiger charge is -2.10. The van der Waals surface area contributed by atoms with Crippen molar-refractivity contribution in [2.45, 2.75) is 44.6 Å². The molecule has 0 saturated heterocycles. The predicted octanol–water partition coefficient (Wildman–Crippen LogP) is 4.10. The van der Waals surface area contributed by atoms with Crippen LogP contribution in [-0.2, 0) is 11.2 Å². The van der Waals surface area contributed by atoms with Crippen LogP contribution in [0.3, 0.4) is 0 Å². The van der Waals surface area contributed by atoms with Crippen LogP contribution in [-0.4, -0.2) is 16.9 Å². The van der Waals surface area contributed by atoms with Crippen LogP contribution in [0, 0.1) is 0 Å². The molecule has 5 heteroatoms. The molecule has 1 aliphatic carbocycles. The van der Waals surface area contributed by atoms with Crippen molar-refractivity contribution in [3.05, 3.63) is 40.8 Å². The van der Waals surface area contributed by atoms with Crippen molar-refractivity contribution >= 4 is 21.8 Å². The Bertz CT molecular complexity index is 630. The number of nitrogens with zero attached hydrogens (tertiary/aromatic N) is 1. The van der Waals surface area contributed by atoms with Gasteiger partial charge >= 0.3 is 0 Å². The van der Waals surface area contributed by atoms with E-state index in [1.54, 1.807) is 6.20 Å². The maximum absolute atomic E-state index is 11.9. The lowest BCUT2D eigenvalue weighted by Crippen LogP contribution is -2.32. The van der Waals surface area contributed by atoms with Gasteiger partial charge in [-0.05, 0) is 25.0 Å². The summed E-state index contributed by atoms with van der Waals surface area (Å²) >= 11 is 3.41. The monoisotopic (exact) mass is 362 g/mol. The number of benzene rings is 1. The number of hydrogen-bond acceptors (Lipinski definition) is 3. The first-order valence-electron chi connectivity index (χ1n) is 7.71. The Morgan fingerprint density at radius 1 is 1.27 bits per heavy atom. The van der Waals surface area contributed by atoms with E-state index in [2.05, 4.69) is 26.2 Å². The normalized spacial score (nSPS) is 15.1. The third-order valence-corrected chi connectivity index (χ3v) is 4.50. The number of aryl methyl sites for hydroxylation is 1. The van der Waals surface area contributed by atoms with Crippen LogP contribution in [0.15, 0.2) is 39.4 Å². The van der Waals surface area contributed by atoms with Gasteiger partial charge in [0.25, 0.3) is 0 Å². The lowest BCUT2D eigenvalue weighted by atomic mass is 10.2. The van der Waals surface area contributed by atoms with Crippen molar-refractivity contribution in [1.82, 2.24) is 10.3 Å². The molecule has 1 amide bonds. The third-order valence-electron chi connectivity index (χ3n) is 3.97. The molecule has 0 spiro atoms. The fraction of sp³-hybridized carbons (Fsp3) is 0.412. The first kappa shape index (κ1) is 15.3. The van der Waals surface area contributed by atoms with Crippen molar-refractivity contribution in [3.8, 4) is 11.3 Å². The van der Waals surface area contributed by atoms with Gasteiger partial charge in [0.05, 0.1) is 6.20 Å². The Balaban J connectivity index is 1.53. The molecule has 4 nitrogen and oxygen atoms in total. The van der Waals surface area contributed by atoms with Crippen molar-refractivity contribution in [3.63, 3.8) is 0 Å². The number of amides is 1. The van der Waals surface area contributed by atoms with Gasteiger partial charge in [0.1, 0.15) is 0 Å². The minimum absolute atomic E-state index is 0.0929. The largest absolute Gasteiger partial charge is 0.441 e. The molecule has 1 aromatic heterocycles. The van der Waals surface area contributed by atoms with Gasteiger partial charge in [0.15, 0.2) is 11.7 Å². The Kier molecular flexibility index (Phi) is 4.93. The molecule has 0 radical (unpaired) electrons. The number of carbonyl (C=O) groups is 1. The van der Waals surface area contributed by atoms with Crippen molar-refractivity contribution in [2.75, 3.05) is 0 Å². The minimum atomic E-state index is 0.0929. The number of hydrogen-bond donors (Lipinski definition) is 1. The maximum atomic E-state index is 11.9. The Morgan fingerprint density at radius 2 is 2.00 bits per heavy atom. The van der Waals surface area contributed by atoms with E-state index in [0.717, 1.165) is 28.6 Å². The Morgan fingerprint density at radius 3 is 2.73 bits per heavy atom. The quantitative estimate of drug-likeness (QED) is 0.870. The molecule has 2 aromatic rings. The number of halogens is 1. The fourth-order valence-electron chi connectivity index (χ4n) is 2.76. The highest BCUT2D eigenvalue weighted by Gasteiger charge is 2.17. The molecular weight excluding hydrogens is 344 g/mol. The molecule has 1 aliphatic rings. The van der Waals surface area contributed by atoms with Crippen molar-refractivity contribution in [1.29, 1.82) is 0 Å². The summed E-state index contributed by atoms with van der Waals surface area (Å²) in [5, 5.41) is 3.08. The molecule has 22 heavy (non-hydrogen) atoms. The van der Waals surface area contributed by atoms with E-state index in [1.165, 1.54) is 12.8 Å². The van der Waals surface area contributed by atoms with E-state index in [0.29, 0.717) is 24.8 Å². The molecule has 1 heterocycles. The summed E-state index contributed by atoms with van der Waals surface area (Å²) in [6.07, 6.45) is 7.35. The zero-order valence-electron chi connectivity index (χ0n) is 12.3. The summed E-state index contributed by atoms with van der Waals surface area (Å²) in [5.74, 6) is 1.44. The molecule has 1 fully saturated rings. The standard InChI is InChI=1S/C17H19BrN2O2/c18-13-7-5-12(6-8-13)15-11-19-17(22-15)10-9-16(21)20-14-3-1-2-4-14/h5-8,11,14H,1-4,9-10H2,(H,20,21). The predicted molar refractivity (Wildman–Crippen MR) is 88.4 cm³/mol. The average Bonchev–Trinajstić information content (AvgIpc) is 3.17. The van der Waals surface area contributed by atoms with Crippen molar-refractivity contribution < 1.29 is 9.21 Å². The van der Waals surface area contributed by atoms with E-state index in [1.807, 2.05) is 24.3 Å². The molecule has 1 N–H and O–H groups in total. The van der Waals surface area contributed by atoms with Crippen LogP contribution in [0.25, 0.3) is 11.3 Å². The van der Waals surface area contributed by atoms with E-state index in [9.17, 15) is 4.79 Å². The highest BCUT2D eigenvalue weighted by molar-refractivity contribution is 9.10. The number of aromatic nitrogens is 1. The van der Waals surface area contributed by atoms with E-state index in [-0.39, 0.29) is 5.91 Å². The molecule has 1 aromatic carbocycles. The molecule has 116 valence electrons. The maximum Gasteiger partial charge on any atom is 0.220 e. The van der Waals surface area contributed by atoms with Crippen LogP contribution in [0.4, 0.5) is 0 Å². The summed E-state index contributed by atoms with van der Waals surface area (Å²) in [5.41, 5.74) is 0.984. The second kappa shape index (κ2) is 7.09. The summed E-state index contributed by atoms with van der Waals surface area (Å²) in [7, 11) is 0. The number of rotatable bonds is 5. The summed E-state index contributed by atoms with van der Waals surface area (Å²) < 4.78 is 6.75. The number of carbonyl (C=O) groups excluding carboxylic acids is 1. The van der Waals surface area contributed by atoms with E-state index >= 15 is 0 Å². The molecule has 0 aliphatic heterocycles. The Hall–Kier alpha value is -1.62. The SMILES string of the molecule is O=C(CCc1ncc(-c2ccc(Br)cc2)o1)NC1CCCC1. The zero-order chi connectivity index (χ0) is 15.4. The highest BCUT2D eigenvalue weighted by atomic mass is 79.9. The van der Waals surface area contributed by atoms with Gasteiger partial charge in [-0.2, -0.15) is 0 Å². The summed E-state index contributed by atoms with van der Waals surface area (Å²) in [4.78, 5) is 16.2. The first-order chi connectivity index (χ1) is 10.7.